The topological polar surface area (TPSA) is 123 Å². The number of amides is 1. The van der Waals surface area contributed by atoms with E-state index in [4.69, 9.17) is 5.11 Å². The zero-order valence-electron chi connectivity index (χ0n) is 18.8. The number of hydrogen-bond donors (Lipinski definition) is 4. The van der Waals surface area contributed by atoms with Gasteiger partial charge in [0.15, 0.2) is 0 Å². The zero-order valence-corrected chi connectivity index (χ0v) is 18.8. The number of aromatic amines is 1. The highest BCUT2D eigenvalue weighted by Gasteiger charge is 2.52. The third kappa shape index (κ3) is 4.37. The van der Waals surface area contributed by atoms with Gasteiger partial charge in [-0.3, -0.25) is 19.3 Å². The Morgan fingerprint density at radius 1 is 1.19 bits per heavy atom. The highest BCUT2D eigenvalue weighted by molar-refractivity contribution is 5.96. The van der Waals surface area contributed by atoms with Crippen LogP contribution in [0, 0.1) is 10.8 Å². The average Bonchev–Trinajstić information content (AvgIpc) is 3.17. The molecule has 0 radical (unpaired) electrons. The maximum absolute atomic E-state index is 12.5. The lowest BCUT2D eigenvalue weighted by atomic mass is 9.65. The van der Waals surface area contributed by atoms with Crippen LogP contribution >= 0.6 is 0 Å². The monoisotopic (exact) mass is 441 g/mol. The van der Waals surface area contributed by atoms with E-state index in [1.54, 1.807) is 18.3 Å². The second kappa shape index (κ2) is 7.92. The Morgan fingerprint density at radius 2 is 1.94 bits per heavy atom. The van der Waals surface area contributed by atoms with Gasteiger partial charge in [0.2, 0.25) is 5.91 Å². The molecule has 2 heterocycles. The highest BCUT2D eigenvalue weighted by atomic mass is 16.4. The number of carbonyl (C=O) groups is 3. The van der Waals surface area contributed by atoms with Crippen LogP contribution in [0.25, 0.3) is 10.9 Å². The summed E-state index contributed by atoms with van der Waals surface area (Å²) in [5.74, 6) is -2.25. The number of aliphatic carboxylic acids is 2. The van der Waals surface area contributed by atoms with E-state index in [-0.39, 0.29) is 35.6 Å². The standard InChI is InChI=1S/C24H31N3O5/c1-23(2)9-15-10-24(3,12-23)13-27(15)21(22(31)32)17-11-25-18-8-14(4-5-16(17)18)26-19(28)6-7-20(29)30/h4-5,8,11,15,21,25H,6-7,9-10,12-13H2,1-3H3,(H,26,28)(H,29,30)(H,31,32)/t15-,21+,24+/m0/s1. The summed E-state index contributed by atoms with van der Waals surface area (Å²) in [4.78, 5) is 40.4. The van der Waals surface area contributed by atoms with Gasteiger partial charge in [-0.05, 0) is 42.2 Å². The number of rotatable bonds is 7. The fraction of sp³-hybridized carbons (Fsp3) is 0.542. The predicted octanol–water partition coefficient (Wildman–Crippen LogP) is 4.00. The van der Waals surface area contributed by atoms with Crippen molar-refractivity contribution in [1.82, 2.24) is 9.88 Å². The molecular formula is C24H31N3O5. The van der Waals surface area contributed by atoms with Gasteiger partial charge in [-0.1, -0.05) is 26.8 Å². The first-order chi connectivity index (χ1) is 15.0. The minimum atomic E-state index is -1.02. The van der Waals surface area contributed by atoms with Gasteiger partial charge < -0.3 is 20.5 Å². The Balaban J connectivity index is 1.60. The lowest BCUT2D eigenvalue weighted by Crippen LogP contribution is -2.39. The Bertz CT molecular complexity index is 1070. The molecule has 4 rings (SSSR count). The van der Waals surface area contributed by atoms with Crippen LogP contribution in [0.1, 0.15) is 64.5 Å². The number of carboxylic acids is 2. The molecule has 1 aromatic carbocycles. The Kier molecular flexibility index (Phi) is 5.53. The van der Waals surface area contributed by atoms with Crippen LogP contribution in [-0.2, 0) is 14.4 Å². The number of anilines is 1. The van der Waals surface area contributed by atoms with Crippen LogP contribution in [0.5, 0.6) is 0 Å². The molecule has 1 aromatic heterocycles. The van der Waals surface area contributed by atoms with E-state index in [2.05, 4.69) is 36.0 Å². The molecule has 2 aromatic rings. The van der Waals surface area contributed by atoms with Gasteiger partial charge in [0.05, 0.1) is 6.42 Å². The summed E-state index contributed by atoms with van der Waals surface area (Å²) < 4.78 is 0. The molecule has 2 fully saturated rings. The quantitative estimate of drug-likeness (QED) is 0.515. The largest absolute Gasteiger partial charge is 0.481 e. The first-order valence-electron chi connectivity index (χ1n) is 11.1. The smallest absolute Gasteiger partial charge is 0.325 e. The van der Waals surface area contributed by atoms with Crippen molar-refractivity contribution in [2.75, 3.05) is 11.9 Å². The van der Waals surface area contributed by atoms with E-state index >= 15 is 0 Å². The Labute approximate surface area is 187 Å². The third-order valence-electron chi connectivity index (χ3n) is 6.88. The Hall–Kier alpha value is -2.87. The summed E-state index contributed by atoms with van der Waals surface area (Å²) in [6.45, 7) is 7.58. The molecule has 0 spiro atoms. The summed E-state index contributed by atoms with van der Waals surface area (Å²) in [7, 11) is 0. The first-order valence-corrected chi connectivity index (χ1v) is 11.1. The number of likely N-dealkylation sites (tertiary alicyclic amines) is 1. The van der Waals surface area contributed by atoms with Crippen molar-refractivity contribution < 1.29 is 24.6 Å². The van der Waals surface area contributed by atoms with Crippen molar-refractivity contribution in [3.05, 3.63) is 30.0 Å². The Morgan fingerprint density at radius 3 is 2.62 bits per heavy atom. The van der Waals surface area contributed by atoms with Crippen LogP contribution in [0.15, 0.2) is 24.4 Å². The molecule has 8 nitrogen and oxygen atoms in total. The van der Waals surface area contributed by atoms with Gasteiger partial charge in [-0.15, -0.1) is 0 Å². The molecule has 2 bridgehead atoms. The van der Waals surface area contributed by atoms with Crippen molar-refractivity contribution in [3.8, 4) is 0 Å². The predicted molar refractivity (Wildman–Crippen MR) is 120 cm³/mol. The summed E-state index contributed by atoms with van der Waals surface area (Å²) >= 11 is 0. The number of nitrogens with one attached hydrogen (secondary N) is 2. The van der Waals surface area contributed by atoms with Crippen molar-refractivity contribution in [3.63, 3.8) is 0 Å². The van der Waals surface area contributed by atoms with Crippen molar-refractivity contribution in [2.24, 2.45) is 10.8 Å². The van der Waals surface area contributed by atoms with Gasteiger partial charge in [-0.25, -0.2) is 0 Å². The van der Waals surface area contributed by atoms with Gasteiger partial charge in [0.1, 0.15) is 6.04 Å². The van der Waals surface area contributed by atoms with E-state index in [9.17, 15) is 19.5 Å². The SMILES string of the molecule is CC1(C)C[C@H]2C[C@@](C)(CN2[C@@H](C(=O)O)c2c[nH]c3cc(NC(=O)CCC(=O)O)ccc23)C1. The number of H-pyrrole nitrogens is 1. The fourth-order valence-electron chi connectivity index (χ4n) is 6.16. The number of aromatic nitrogens is 1. The minimum absolute atomic E-state index is 0.101. The highest BCUT2D eigenvalue weighted by Crippen LogP contribution is 2.54. The van der Waals surface area contributed by atoms with Crippen LogP contribution in [0.4, 0.5) is 5.69 Å². The second-order valence-electron chi connectivity index (χ2n) is 10.6. The average molecular weight is 442 g/mol. The first kappa shape index (κ1) is 22.3. The zero-order chi connectivity index (χ0) is 23.3. The van der Waals surface area contributed by atoms with E-state index in [1.165, 1.54) is 0 Å². The van der Waals surface area contributed by atoms with Crippen LogP contribution in [0.3, 0.4) is 0 Å². The molecule has 4 N–H and O–H groups in total. The number of benzene rings is 1. The number of nitrogens with zero attached hydrogens (tertiary/aromatic N) is 1. The fourth-order valence-corrected chi connectivity index (χ4v) is 6.16. The third-order valence-corrected chi connectivity index (χ3v) is 6.88. The molecule has 8 heteroatoms. The number of fused-ring (bicyclic) bond motifs is 3. The molecule has 1 amide bonds. The maximum atomic E-state index is 12.5. The number of carboxylic acid groups (broad SMARTS) is 2. The lowest BCUT2D eigenvalue weighted by molar-refractivity contribution is -0.144. The molecule has 3 atom stereocenters. The van der Waals surface area contributed by atoms with Crippen LogP contribution in [0.2, 0.25) is 0 Å². The summed E-state index contributed by atoms with van der Waals surface area (Å²) in [5, 5.41) is 22.5. The number of hydrogen-bond acceptors (Lipinski definition) is 4. The molecule has 0 unspecified atom stereocenters. The van der Waals surface area contributed by atoms with E-state index in [0.717, 1.165) is 42.3 Å². The van der Waals surface area contributed by atoms with Crippen molar-refractivity contribution in [2.45, 2.75) is 65.0 Å². The number of carbonyl (C=O) groups excluding carboxylic acids is 1. The normalized spacial score (nSPS) is 25.5. The molecule has 1 aliphatic carbocycles. The minimum Gasteiger partial charge on any atom is -0.481 e. The molecule has 1 saturated heterocycles. The van der Waals surface area contributed by atoms with Crippen LogP contribution < -0.4 is 5.32 Å². The van der Waals surface area contributed by atoms with E-state index in [1.807, 2.05) is 6.07 Å². The molecule has 172 valence electrons. The van der Waals surface area contributed by atoms with E-state index in [0.29, 0.717) is 5.69 Å². The molecule has 32 heavy (non-hydrogen) atoms. The second-order valence-corrected chi connectivity index (χ2v) is 10.6. The van der Waals surface area contributed by atoms with Crippen molar-refractivity contribution in [1.29, 1.82) is 0 Å². The van der Waals surface area contributed by atoms with E-state index < -0.39 is 18.0 Å². The molecule has 2 aliphatic rings. The summed E-state index contributed by atoms with van der Waals surface area (Å²) in [6.07, 6.45) is 4.54. The maximum Gasteiger partial charge on any atom is 0.325 e. The van der Waals surface area contributed by atoms with Crippen LogP contribution in [-0.4, -0.2) is 50.5 Å². The lowest BCUT2D eigenvalue weighted by Gasteiger charge is -2.40. The summed E-state index contributed by atoms with van der Waals surface area (Å²) in [5.41, 5.74) is 2.32. The van der Waals surface area contributed by atoms with Gasteiger partial charge >= 0.3 is 11.9 Å². The van der Waals surface area contributed by atoms with Gasteiger partial charge in [-0.2, -0.15) is 0 Å². The molecule has 1 aliphatic heterocycles. The van der Waals surface area contributed by atoms with Gasteiger partial charge in [0, 0.05) is 47.4 Å². The molecule has 1 saturated carbocycles. The van der Waals surface area contributed by atoms with Gasteiger partial charge in [0.25, 0.3) is 0 Å². The van der Waals surface area contributed by atoms with Crippen molar-refractivity contribution >= 4 is 34.4 Å². The molecular weight excluding hydrogens is 410 g/mol. The summed E-state index contributed by atoms with van der Waals surface area (Å²) in [6, 6.07) is 4.80.